The maximum absolute atomic E-state index is 6.75. The standard InChI is InChI=1S/C56H39NO/c1-55(2)47-32-29-39(34-46(47)53-49(55)33-31-45-44-24-12-14-27-52(44)58-54(45)53)57(51-26-15-17-36-16-9-10-22-41(36)51)40-28-30-43-42-23-11-13-25-48(42)56(50(43)35-40,37-18-5-3-6-19-37)38-20-7-4-8-21-38/h3-35H,1-2H3. The second kappa shape index (κ2) is 12.2. The van der Waals surface area contributed by atoms with Gasteiger partial charge in [-0.3, -0.25) is 0 Å². The number of hydrogen-bond acceptors (Lipinski definition) is 2. The van der Waals surface area contributed by atoms with E-state index < -0.39 is 5.41 Å². The molecule has 0 aliphatic heterocycles. The molecule has 9 aromatic carbocycles. The summed E-state index contributed by atoms with van der Waals surface area (Å²) in [5, 5.41) is 4.72. The van der Waals surface area contributed by atoms with Gasteiger partial charge in [-0.05, 0) is 91.9 Å². The second-order valence-electron chi connectivity index (χ2n) is 16.4. The van der Waals surface area contributed by atoms with Crippen molar-refractivity contribution in [3.63, 3.8) is 0 Å². The van der Waals surface area contributed by atoms with Crippen molar-refractivity contribution in [3.05, 3.63) is 234 Å². The van der Waals surface area contributed by atoms with Gasteiger partial charge in [-0.15, -0.1) is 0 Å². The summed E-state index contributed by atoms with van der Waals surface area (Å²) in [7, 11) is 0. The van der Waals surface area contributed by atoms with Gasteiger partial charge in [0.05, 0.1) is 11.1 Å². The minimum absolute atomic E-state index is 0.190. The Hall–Kier alpha value is -7.16. The number of anilines is 3. The highest BCUT2D eigenvalue weighted by Crippen LogP contribution is 2.58. The number of hydrogen-bond donors (Lipinski definition) is 0. The van der Waals surface area contributed by atoms with E-state index in [9.17, 15) is 0 Å². The summed E-state index contributed by atoms with van der Waals surface area (Å²) in [6, 6.07) is 73.8. The molecule has 0 saturated carbocycles. The average molecular weight is 742 g/mol. The summed E-state index contributed by atoms with van der Waals surface area (Å²) in [6.45, 7) is 4.69. The van der Waals surface area contributed by atoms with E-state index in [4.69, 9.17) is 4.42 Å². The van der Waals surface area contributed by atoms with Crippen molar-refractivity contribution in [1.29, 1.82) is 0 Å². The summed E-state index contributed by atoms with van der Waals surface area (Å²) in [6.07, 6.45) is 0. The van der Waals surface area contributed by atoms with Crippen LogP contribution in [0.3, 0.4) is 0 Å². The average Bonchev–Trinajstić information content (AvgIpc) is 3.88. The number of furan rings is 1. The first kappa shape index (κ1) is 33.0. The molecule has 2 aliphatic carbocycles. The fraction of sp³-hybridized carbons (Fsp3) is 0.0714. The van der Waals surface area contributed by atoms with E-state index >= 15 is 0 Å². The first-order valence-electron chi connectivity index (χ1n) is 20.3. The Kier molecular flexibility index (Phi) is 6.93. The Balaban J connectivity index is 1.15. The molecule has 2 nitrogen and oxygen atoms in total. The van der Waals surface area contributed by atoms with Crippen LogP contribution in [0.2, 0.25) is 0 Å². The number of benzene rings is 9. The van der Waals surface area contributed by atoms with Crippen molar-refractivity contribution in [1.82, 2.24) is 0 Å². The molecule has 10 aromatic rings. The molecule has 0 radical (unpaired) electrons. The van der Waals surface area contributed by atoms with Crippen LogP contribution in [0.4, 0.5) is 17.1 Å². The van der Waals surface area contributed by atoms with Crippen molar-refractivity contribution < 1.29 is 4.42 Å². The van der Waals surface area contributed by atoms with Gasteiger partial charge in [0.1, 0.15) is 11.2 Å². The van der Waals surface area contributed by atoms with E-state index in [0.717, 1.165) is 39.0 Å². The number of fused-ring (bicyclic) bond motifs is 11. The minimum atomic E-state index is -0.511. The lowest BCUT2D eigenvalue weighted by Gasteiger charge is -2.35. The second-order valence-corrected chi connectivity index (χ2v) is 16.4. The van der Waals surface area contributed by atoms with Crippen LogP contribution >= 0.6 is 0 Å². The molecule has 58 heavy (non-hydrogen) atoms. The Morgan fingerprint density at radius 3 is 1.84 bits per heavy atom. The van der Waals surface area contributed by atoms with Crippen LogP contribution in [-0.4, -0.2) is 0 Å². The van der Waals surface area contributed by atoms with Crippen LogP contribution in [0.1, 0.15) is 47.2 Å². The summed E-state index contributed by atoms with van der Waals surface area (Å²) < 4.78 is 6.75. The normalized spacial score (nSPS) is 14.3. The van der Waals surface area contributed by atoms with Gasteiger partial charge < -0.3 is 9.32 Å². The molecule has 2 heteroatoms. The maximum atomic E-state index is 6.75. The zero-order valence-electron chi connectivity index (χ0n) is 32.4. The minimum Gasteiger partial charge on any atom is -0.455 e. The maximum Gasteiger partial charge on any atom is 0.143 e. The smallest absolute Gasteiger partial charge is 0.143 e. The summed E-state index contributed by atoms with van der Waals surface area (Å²) >= 11 is 0. The molecule has 1 heterocycles. The van der Waals surface area contributed by atoms with Gasteiger partial charge in [-0.1, -0.05) is 178 Å². The van der Waals surface area contributed by atoms with Gasteiger partial charge in [0.2, 0.25) is 0 Å². The summed E-state index contributed by atoms with van der Waals surface area (Å²) in [5.74, 6) is 0. The van der Waals surface area contributed by atoms with Crippen molar-refractivity contribution >= 4 is 49.8 Å². The Morgan fingerprint density at radius 1 is 0.414 bits per heavy atom. The molecule has 1 aromatic heterocycles. The zero-order chi connectivity index (χ0) is 38.6. The third kappa shape index (κ3) is 4.43. The molecule has 0 N–H and O–H groups in total. The lowest BCUT2D eigenvalue weighted by atomic mass is 9.67. The monoisotopic (exact) mass is 741 g/mol. The Labute approximate surface area is 338 Å². The quantitative estimate of drug-likeness (QED) is 0.175. The summed E-state index contributed by atoms with van der Waals surface area (Å²) in [5.41, 5.74) is 17.2. The van der Waals surface area contributed by atoms with Gasteiger partial charge in [0, 0.05) is 38.5 Å². The fourth-order valence-corrected chi connectivity index (χ4v) is 10.5. The van der Waals surface area contributed by atoms with E-state index in [1.54, 1.807) is 0 Å². The molecule has 0 spiro atoms. The topological polar surface area (TPSA) is 16.4 Å². The Morgan fingerprint density at radius 2 is 1.03 bits per heavy atom. The van der Waals surface area contributed by atoms with Crippen molar-refractivity contribution in [2.24, 2.45) is 0 Å². The van der Waals surface area contributed by atoms with E-state index in [0.29, 0.717) is 0 Å². The zero-order valence-corrected chi connectivity index (χ0v) is 32.4. The predicted octanol–water partition coefficient (Wildman–Crippen LogP) is 14.9. The predicted molar refractivity (Wildman–Crippen MR) is 241 cm³/mol. The molecular weight excluding hydrogens is 703 g/mol. The largest absolute Gasteiger partial charge is 0.455 e. The van der Waals surface area contributed by atoms with Gasteiger partial charge in [0.15, 0.2) is 0 Å². The number of nitrogens with zero attached hydrogens (tertiary/aromatic N) is 1. The Bertz CT molecular complexity index is 3220. The third-order valence-electron chi connectivity index (χ3n) is 13.1. The molecule has 274 valence electrons. The summed E-state index contributed by atoms with van der Waals surface area (Å²) in [4.78, 5) is 2.48. The molecule has 0 amide bonds. The first-order valence-corrected chi connectivity index (χ1v) is 20.3. The number of rotatable bonds is 5. The van der Waals surface area contributed by atoms with Crippen molar-refractivity contribution in [2.45, 2.75) is 24.7 Å². The van der Waals surface area contributed by atoms with Crippen LogP contribution in [0.15, 0.2) is 205 Å². The molecule has 0 atom stereocenters. The first-order chi connectivity index (χ1) is 28.5. The van der Waals surface area contributed by atoms with E-state index in [2.05, 4.69) is 219 Å². The van der Waals surface area contributed by atoms with Gasteiger partial charge in [-0.25, -0.2) is 0 Å². The fourth-order valence-electron chi connectivity index (χ4n) is 10.5. The molecular formula is C56H39NO. The van der Waals surface area contributed by atoms with Crippen LogP contribution in [0, 0.1) is 0 Å². The molecule has 0 unspecified atom stereocenters. The van der Waals surface area contributed by atoms with E-state index in [1.807, 2.05) is 0 Å². The lowest BCUT2D eigenvalue weighted by Crippen LogP contribution is -2.28. The molecule has 2 aliphatic rings. The van der Waals surface area contributed by atoms with Gasteiger partial charge in [0.25, 0.3) is 0 Å². The SMILES string of the molecule is CC1(C)c2ccc(N(c3ccc4c(c3)C(c3ccccc3)(c3ccccc3)c3ccccc3-4)c3cccc4ccccc34)cc2-c2c1ccc1c2oc2ccccc21. The highest BCUT2D eigenvalue weighted by atomic mass is 16.3. The highest BCUT2D eigenvalue weighted by molar-refractivity contribution is 6.12. The van der Waals surface area contributed by atoms with E-state index in [1.165, 1.54) is 66.4 Å². The molecule has 0 bridgehead atoms. The van der Waals surface area contributed by atoms with Crippen LogP contribution in [0.25, 0.3) is 55.0 Å². The highest BCUT2D eigenvalue weighted by Gasteiger charge is 2.46. The van der Waals surface area contributed by atoms with E-state index in [-0.39, 0.29) is 5.41 Å². The van der Waals surface area contributed by atoms with Crippen LogP contribution < -0.4 is 4.90 Å². The van der Waals surface area contributed by atoms with Crippen molar-refractivity contribution in [3.8, 4) is 22.3 Å². The molecule has 0 saturated heterocycles. The van der Waals surface area contributed by atoms with Crippen molar-refractivity contribution in [2.75, 3.05) is 4.90 Å². The van der Waals surface area contributed by atoms with Crippen LogP contribution in [0.5, 0.6) is 0 Å². The number of para-hydroxylation sites is 1. The molecule has 0 fully saturated rings. The van der Waals surface area contributed by atoms with Gasteiger partial charge in [-0.2, -0.15) is 0 Å². The lowest BCUT2D eigenvalue weighted by molar-refractivity contribution is 0.653. The third-order valence-corrected chi connectivity index (χ3v) is 13.1. The van der Waals surface area contributed by atoms with Gasteiger partial charge >= 0.3 is 0 Å². The molecule has 12 rings (SSSR count). The van der Waals surface area contributed by atoms with Crippen LogP contribution in [-0.2, 0) is 10.8 Å².